The molecule has 1 saturated heterocycles. The van der Waals surface area contributed by atoms with Gasteiger partial charge in [0.15, 0.2) is 5.13 Å². The quantitative estimate of drug-likeness (QED) is 0.263. The van der Waals surface area contributed by atoms with E-state index >= 15 is 0 Å². The van der Waals surface area contributed by atoms with E-state index in [-0.39, 0.29) is 28.3 Å². The third-order valence-electron chi connectivity index (χ3n) is 5.16. The van der Waals surface area contributed by atoms with Crippen LogP contribution in [0.25, 0.3) is 6.08 Å². The first-order valence-corrected chi connectivity index (χ1v) is 13.0. The Hall–Kier alpha value is -3.28. The van der Waals surface area contributed by atoms with Crippen molar-refractivity contribution in [1.82, 2.24) is 9.88 Å². The second-order valence-corrected chi connectivity index (χ2v) is 10.9. The fourth-order valence-electron chi connectivity index (χ4n) is 3.51. The summed E-state index contributed by atoms with van der Waals surface area (Å²) in [6.45, 7) is 1.61. The lowest BCUT2D eigenvalue weighted by molar-refractivity contribution is -0.137. The second-order valence-electron chi connectivity index (χ2n) is 8.12. The van der Waals surface area contributed by atoms with Crippen LogP contribution in [0.5, 0.6) is 0 Å². The van der Waals surface area contributed by atoms with Gasteiger partial charge in [-0.1, -0.05) is 78.6 Å². The number of thioether (sulfide) groups is 1. The largest absolute Gasteiger partial charge is 0.416 e. The molecule has 0 unspecified atom stereocenters. The Labute approximate surface area is 225 Å². The third kappa shape index (κ3) is 7.15. The van der Waals surface area contributed by atoms with E-state index in [1.165, 1.54) is 17.2 Å². The normalized spacial score (nSPS) is 15.5. The van der Waals surface area contributed by atoms with Gasteiger partial charge in [-0.3, -0.25) is 14.5 Å². The van der Waals surface area contributed by atoms with Gasteiger partial charge >= 0.3 is 6.18 Å². The number of carbonyl (C=O) groups is 2. The molecule has 0 saturated carbocycles. The van der Waals surface area contributed by atoms with Crippen molar-refractivity contribution in [1.29, 1.82) is 0 Å². The van der Waals surface area contributed by atoms with Gasteiger partial charge in [0.25, 0.3) is 5.91 Å². The predicted molar refractivity (Wildman–Crippen MR) is 145 cm³/mol. The average Bonchev–Trinajstić information content (AvgIpc) is 3.38. The summed E-state index contributed by atoms with van der Waals surface area (Å²) in [5.41, 5.74) is 1.64. The molecule has 190 valence electrons. The molecule has 2 aromatic carbocycles. The van der Waals surface area contributed by atoms with Crippen LogP contribution < -0.4 is 5.32 Å². The molecule has 37 heavy (non-hydrogen) atoms. The van der Waals surface area contributed by atoms with E-state index in [0.29, 0.717) is 15.3 Å². The van der Waals surface area contributed by atoms with Crippen molar-refractivity contribution in [3.05, 3.63) is 98.9 Å². The molecule has 11 heteroatoms. The number of nitrogens with one attached hydrogen (secondary N) is 1. The van der Waals surface area contributed by atoms with Gasteiger partial charge < -0.3 is 5.32 Å². The molecule has 0 bridgehead atoms. The monoisotopic (exact) mass is 559 g/mol. The van der Waals surface area contributed by atoms with Gasteiger partial charge in [0, 0.05) is 17.5 Å². The van der Waals surface area contributed by atoms with Crippen LogP contribution in [-0.2, 0) is 22.2 Å². The number of thiocarbonyl (C=S) groups is 1. The number of amides is 2. The number of allylic oxidation sites excluding steroid dienone is 2. The Morgan fingerprint density at radius 2 is 1.92 bits per heavy atom. The first kappa shape index (κ1) is 26.8. The van der Waals surface area contributed by atoms with Crippen LogP contribution in [0.15, 0.2) is 77.3 Å². The molecule has 0 atom stereocenters. The van der Waals surface area contributed by atoms with Crippen molar-refractivity contribution >= 4 is 62.7 Å². The number of alkyl halides is 3. The van der Waals surface area contributed by atoms with E-state index in [1.807, 2.05) is 43.3 Å². The van der Waals surface area contributed by atoms with Gasteiger partial charge in [-0.2, -0.15) is 13.2 Å². The highest BCUT2D eigenvalue weighted by atomic mass is 32.2. The molecule has 2 amide bonds. The molecule has 4 rings (SSSR count). The molecule has 0 spiro atoms. The summed E-state index contributed by atoms with van der Waals surface area (Å²) >= 11 is 7.59. The smallest absolute Gasteiger partial charge is 0.300 e. The fourth-order valence-corrected chi connectivity index (χ4v) is 5.67. The summed E-state index contributed by atoms with van der Waals surface area (Å²) in [5, 5.41) is 2.92. The second kappa shape index (κ2) is 11.4. The van der Waals surface area contributed by atoms with Crippen molar-refractivity contribution in [2.24, 2.45) is 0 Å². The maximum absolute atomic E-state index is 12.9. The Balaban J connectivity index is 1.36. The first-order chi connectivity index (χ1) is 17.6. The zero-order valence-electron chi connectivity index (χ0n) is 19.4. The van der Waals surface area contributed by atoms with Gasteiger partial charge in [-0.15, -0.1) is 11.3 Å². The predicted octanol–water partition coefficient (Wildman–Crippen LogP) is 6.54. The van der Waals surface area contributed by atoms with Crippen molar-refractivity contribution in [2.75, 3.05) is 11.9 Å². The number of halogens is 3. The molecule has 1 aliphatic heterocycles. The Kier molecular flexibility index (Phi) is 8.25. The maximum Gasteiger partial charge on any atom is 0.416 e. The van der Waals surface area contributed by atoms with Crippen molar-refractivity contribution in [3.8, 4) is 0 Å². The minimum absolute atomic E-state index is 0.243. The summed E-state index contributed by atoms with van der Waals surface area (Å²) in [7, 11) is 0. The zero-order chi connectivity index (χ0) is 26.6. The molecule has 1 fully saturated rings. The van der Waals surface area contributed by atoms with E-state index in [0.717, 1.165) is 46.4 Å². The minimum Gasteiger partial charge on any atom is -0.300 e. The lowest BCUT2D eigenvalue weighted by atomic mass is 10.1. The molecule has 0 radical (unpaired) electrons. The molecular formula is C26H20F3N3O2S3. The number of aromatic nitrogens is 1. The molecule has 5 nitrogen and oxygen atoms in total. The van der Waals surface area contributed by atoms with E-state index in [9.17, 15) is 22.8 Å². The topological polar surface area (TPSA) is 62.3 Å². The van der Waals surface area contributed by atoms with Gasteiger partial charge in [-0.25, -0.2) is 4.98 Å². The highest BCUT2D eigenvalue weighted by Gasteiger charge is 2.33. The van der Waals surface area contributed by atoms with Crippen molar-refractivity contribution < 1.29 is 22.8 Å². The molecule has 1 aliphatic rings. The third-order valence-corrected chi connectivity index (χ3v) is 7.45. The number of anilines is 1. The van der Waals surface area contributed by atoms with Gasteiger partial charge in [-0.05, 0) is 35.8 Å². The van der Waals surface area contributed by atoms with Gasteiger partial charge in [0.05, 0.1) is 10.5 Å². The van der Waals surface area contributed by atoms with Crippen LogP contribution in [0.1, 0.15) is 28.5 Å². The highest BCUT2D eigenvalue weighted by Crippen LogP contribution is 2.33. The van der Waals surface area contributed by atoms with Crippen LogP contribution in [0.2, 0.25) is 0 Å². The number of rotatable bonds is 7. The highest BCUT2D eigenvalue weighted by molar-refractivity contribution is 8.26. The molecule has 1 aromatic heterocycles. The molecule has 1 N–H and O–H groups in total. The Bertz CT molecular complexity index is 1400. The fraction of sp³-hybridized carbons (Fsp3) is 0.154. The van der Waals surface area contributed by atoms with Crippen LogP contribution in [-0.4, -0.2) is 32.6 Å². The molecule has 3 aromatic rings. The van der Waals surface area contributed by atoms with E-state index in [1.54, 1.807) is 12.1 Å². The van der Waals surface area contributed by atoms with Crippen LogP contribution in [0, 0.1) is 0 Å². The van der Waals surface area contributed by atoms with E-state index in [2.05, 4.69) is 10.3 Å². The van der Waals surface area contributed by atoms with E-state index < -0.39 is 17.6 Å². The number of benzene rings is 2. The summed E-state index contributed by atoms with van der Waals surface area (Å²) in [5.74, 6) is -0.829. The maximum atomic E-state index is 12.9. The van der Waals surface area contributed by atoms with Gasteiger partial charge in [0.2, 0.25) is 5.91 Å². The number of nitrogens with zero attached hydrogens (tertiary/aromatic N) is 2. The van der Waals surface area contributed by atoms with Crippen molar-refractivity contribution in [2.45, 2.75) is 19.5 Å². The summed E-state index contributed by atoms with van der Waals surface area (Å²) in [6.07, 6.45) is 1.02. The lowest BCUT2D eigenvalue weighted by Gasteiger charge is -2.13. The first-order valence-electron chi connectivity index (χ1n) is 11.0. The van der Waals surface area contributed by atoms with Crippen LogP contribution >= 0.6 is 35.3 Å². The van der Waals surface area contributed by atoms with Crippen LogP contribution in [0.3, 0.4) is 0 Å². The standard InChI is InChI=1S/C26H20F3N3O2S3/c1-16(10-17-6-3-2-4-7-17)11-21-23(34)32(25(35)37-21)15-22(33)31-24-30-14-20(36-24)13-18-8-5-9-19(12-18)26(27,28)29/h2-12,14H,13,15H2,1H3,(H,30,31,33)/b16-10+,21-11-. The van der Waals surface area contributed by atoms with Crippen molar-refractivity contribution in [3.63, 3.8) is 0 Å². The zero-order valence-corrected chi connectivity index (χ0v) is 21.9. The summed E-state index contributed by atoms with van der Waals surface area (Å²) < 4.78 is 39.1. The number of carbonyl (C=O) groups excluding carboxylic acids is 2. The lowest BCUT2D eigenvalue weighted by Crippen LogP contribution is -2.36. The van der Waals surface area contributed by atoms with Gasteiger partial charge in [0.1, 0.15) is 10.9 Å². The summed E-state index contributed by atoms with van der Waals surface area (Å²) in [6, 6.07) is 14.8. The molecule has 0 aliphatic carbocycles. The average molecular weight is 560 g/mol. The molecule has 2 heterocycles. The Morgan fingerprint density at radius 1 is 1.16 bits per heavy atom. The number of hydrogen-bond donors (Lipinski definition) is 1. The minimum atomic E-state index is -4.42. The Morgan fingerprint density at radius 3 is 2.65 bits per heavy atom. The number of thiazole rings is 1. The SMILES string of the molecule is CC(/C=C1\SC(=S)N(CC(=O)Nc2ncc(Cc3cccc(C(F)(F)F)c3)s2)C1=O)=C\c1ccccc1. The van der Waals surface area contributed by atoms with E-state index in [4.69, 9.17) is 12.2 Å². The number of hydrogen-bond acceptors (Lipinski definition) is 6. The summed E-state index contributed by atoms with van der Waals surface area (Å²) in [4.78, 5) is 31.9. The van der Waals surface area contributed by atoms with Crippen LogP contribution in [0.4, 0.5) is 18.3 Å². The molecular weight excluding hydrogens is 540 g/mol.